The summed E-state index contributed by atoms with van der Waals surface area (Å²) in [6.07, 6.45) is 1.41. The molecule has 2 aromatic rings. The lowest BCUT2D eigenvalue weighted by atomic mass is 10.2. The summed E-state index contributed by atoms with van der Waals surface area (Å²) in [5.41, 5.74) is 0.361. The monoisotopic (exact) mass is 600 g/mol. The van der Waals surface area contributed by atoms with E-state index in [9.17, 15) is 22.8 Å². The second-order valence-electron chi connectivity index (χ2n) is 8.02. The van der Waals surface area contributed by atoms with Gasteiger partial charge in [0.05, 0.1) is 29.7 Å². The molecule has 0 spiro atoms. The van der Waals surface area contributed by atoms with E-state index in [1.165, 1.54) is 42.5 Å². The van der Waals surface area contributed by atoms with Gasteiger partial charge >= 0.3 is 10.1 Å². The number of ether oxygens (including phenoxy) is 2. The molecule has 10 nitrogen and oxygen atoms in total. The predicted octanol–water partition coefficient (Wildman–Crippen LogP) is 4.05. The van der Waals surface area contributed by atoms with Gasteiger partial charge in [0.15, 0.2) is 5.75 Å². The van der Waals surface area contributed by atoms with Crippen LogP contribution in [0.3, 0.4) is 0 Å². The van der Waals surface area contributed by atoms with E-state index in [1.807, 2.05) is 0 Å². The Morgan fingerprint density at radius 3 is 2.47 bits per heavy atom. The van der Waals surface area contributed by atoms with Crippen molar-refractivity contribution >= 4 is 68.2 Å². The average Bonchev–Trinajstić information content (AvgIpc) is 3.14. The number of hydrogen-bond acceptors (Lipinski definition) is 9. The number of amides is 3. The van der Waals surface area contributed by atoms with Crippen LogP contribution in [0.1, 0.15) is 12.5 Å². The fourth-order valence-corrected chi connectivity index (χ4v) is 5.83. The quantitative estimate of drug-likeness (QED) is 0.326. The van der Waals surface area contributed by atoms with Gasteiger partial charge in [-0.15, -0.1) is 0 Å². The molecule has 0 unspecified atom stereocenters. The number of imide groups is 1. The maximum atomic E-state index is 12.9. The van der Waals surface area contributed by atoms with Crippen molar-refractivity contribution in [2.45, 2.75) is 11.8 Å². The zero-order chi connectivity index (χ0) is 27.4. The van der Waals surface area contributed by atoms with Gasteiger partial charge in [0.25, 0.3) is 11.1 Å². The molecule has 0 saturated carbocycles. The molecule has 0 aromatic heterocycles. The van der Waals surface area contributed by atoms with Crippen LogP contribution < -0.4 is 8.92 Å². The standard InChI is InChI=1S/C24H22Cl2N2O8S2/c1-2-35-19-12-15(11-18(26)22(19)36-38(32,33)17-5-3-16(25)4-6-17)13-20-23(30)28(24(31)37-20)14-21(29)27-7-9-34-10-8-27/h3-6,11-13H,2,7-10,14H2,1H3/b20-13-. The zero-order valence-corrected chi connectivity index (χ0v) is 23.2. The van der Waals surface area contributed by atoms with Crippen LogP contribution >= 0.6 is 35.0 Å². The number of hydrogen-bond donors (Lipinski definition) is 0. The Bertz CT molecular complexity index is 1390. The van der Waals surface area contributed by atoms with E-state index in [4.69, 9.17) is 36.9 Å². The molecule has 4 rings (SSSR count). The summed E-state index contributed by atoms with van der Waals surface area (Å²) in [5.74, 6) is -1.18. The predicted molar refractivity (Wildman–Crippen MR) is 142 cm³/mol. The van der Waals surface area contributed by atoms with E-state index >= 15 is 0 Å². The van der Waals surface area contributed by atoms with Crippen LogP contribution in [0.15, 0.2) is 46.2 Å². The Hall–Kier alpha value is -2.77. The Kier molecular flexibility index (Phi) is 8.89. The average molecular weight is 601 g/mol. The van der Waals surface area contributed by atoms with E-state index in [0.717, 1.165) is 4.90 Å². The molecular weight excluding hydrogens is 579 g/mol. The molecule has 0 aliphatic carbocycles. The number of thioether (sulfide) groups is 1. The van der Waals surface area contributed by atoms with Gasteiger partial charge in [0, 0.05) is 18.1 Å². The van der Waals surface area contributed by atoms with E-state index in [1.54, 1.807) is 11.8 Å². The number of carbonyl (C=O) groups is 3. The topological polar surface area (TPSA) is 120 Å². The third kappa shape index (κ3) is 6.44. The summed E-state index contributed by atoms with van der Waals surface area (Å²) in [5, 5.41) is -0.314. The molecule has 14 heteroatoms. The van der Waals surface area contributed by atoms with Gasteiger partial charge in [-0.25, -0.2) is 0 Å². The van der Waals surface area contributed by atoms with Crippen molar-refractivity contribution in [1.82, 2.24) is 9.80 Å². The van der Waals surface area contributed by atoms with Gasteiger partial charge in [0.2, 0.25) is 11.7 Å². The first-order chi connectivity index (χ1) is 18.1. The third-order valence-corrected chi connectivity index (χ3v) is 8.13. The number of halogens is 2. The van der Waals surface area contributed by atoms with Crippen molar-refractivity contribution in [3.63, 3.8) is 0 Å². The summed E-state index contributed by atoms with van der Waals surface area (Å²) in [6.45, 7) is 3.07. The third-order valence-electron chi connectivity index (χ3n) is 5.46. The largest absolute Gasteiger partial charge is 0.490 e. The molecule has 0 radical (unpaired) electrons. The summed E-state index contributed by atoms with van der Waals surface area (Å²) in [4.78, 5) is 40.3. The molecule has 2 saturated heterocycles. The molecule has 2 heterocycles. The molecule has 2 fully saturated rings. The van der Waals surface area contributed by atoms with Crippen molar-refractivity contribution in [2.24, 2.45) is 0 Å². The Balaban J connectivity index is 1.56. The summed E-state index contributed by atoms with van der Waals surface area (Å²) in [6, 6.07) is 8.22. The number of benzene rings is 2. The SMILES string of the molecule is CCOc1cc(/C=C2\SC(=O)N(CC(=O)N3CCOCC3)C2=O)cc(Cl)c1OS(=O)(=O)c1ccc(Cl)cc1. The van der Waals surface area contributed by atoms with Gasteiger partial charge in [-0.3, -0.25) is 19.3 Å². The van der Waals surface area contributed by atoms with Crippen molar-refractivity contribution in [2.75, 3.05) is 39.5 Å². The molecule has 2 aliphatic heterocycles. The number of morpholine rings is 1. The highest BCUT2D eigenvalue weighted by Crippen LogP contribution is 2.40. The van der Waals surface area contributed by atoms with Crippen LogP contribution in [0.4, 0.5) is 4.79 Å². The number of carbonyl (C=O) groups excluding carboxylic acids is 3. The van der Waals surface area contributed by atoms with Crippen LogP contribution in [0.25, 0.3) is 6.08 Å². The van der Waals surface area contributed by atoms with Crippen molar-refractivity contribution in [1.29, 1.82) is 0 Å². The first-order valence-electron chi connectivity index (χ1n) is 11.4. The lowest BCUT2D eigenvalue weighted by Gasteiger charge is -2.28. The highest BCUT2D eigenvalue weighted by atomic mass is 35.5. The molecule has 202 valence electrons. The van der Waals surface area contributed by atoms with Crippen molar-refractivity contribution < 1.29 is 36.5 Å². The first kappa shape index (κ1) is 28.2. The summed E-state index contributed by atoms with van der Waals surface area (Å²) < 4.78 is 41.6. The minimum absolute atomic E-state index is 0.0190. The molecule has 38 heavy (non-hydrogen) atoms. The van der Waals surface area contributed by atoms with E-state index < -0.39 is 21.3 Å². The van der Waals surface area contributed by atoms with E-state index in [0.29, 0.717) is 48.7 Å². The van der Waals surface area contributed by atoms with Gasteiger partial charge in [-0.1, -0.05) is 23.2 Å². The number of rotatable bonds is 8. The molecule has 0 atom stereocenters. The first-order valence-corrected chi connectivity index (χ1v) is 14.3. The fourth-order valence-electron chi connectivity index (χ4n) is 3.61. The van der Waals surface area contributed by atoms with Crippen molar-refractivity contribution in [3.05, 3.63) is 56.9 Å². The lowest BCUT2D eigenvalue weighted by molar-refractivity contribution is -0.139. The van der Waals surface area contributed by atoms with Crippen LogP contribution in [-0.2, 0) is 24.4 Å². The Morgan fingerprint density at radius 1 is 1.13 bits per heavy atom. The van der Waals surface area contributed by atoms with Crippen LogP contribution in [-0.4, -0.2) is 74.7 Å². The van der Waals surface area contributed by atoms with Gasteiger partial charge in [-0.05, 0) is 66.7 Å². The zero-order valence-electron chi connectivity index (χ0n) is 20.0. The molecule has 2 aliphatic rings. The maximum absolute atomic E-state index is 12.9. The lowest BCUT2D eigenvalue weighted by Crippen LogP contribution is -2.46. The second kappa shape index (κ2) is 12.0. The summed E-state index contributed by atoms with van der Waals surface area (Å²) in [7, 11) is -4.26. The van der Waals surface area contributed by atoms with Crippen LogP contribution in [0.5, 0.6) is 11.5 Å². The van der Waals surface area contributed by atoms with E-state index in [-0.39, 0.29) is 45.4 Å². The highest BCUT2D eigenvalue weighted by Gasteiger charge is 2.37. The molecule has 3 amide bonds. The molecule has 0 bridgehead atoms. The second-order valence-corrected chi connectivity index (χ2v) is 11.4. The number of nitrogens with zero attached hydrogens (tertiary/aromatic N) is 2. The van der Waals surface area contributed by atoms with Gasteiger partial charge in [0.1, 0.15) is 11.4 Å². The van der Waals surface area contributed by atoms with Gasteiger partial charge < -0.3 is 18.6 Å². The normalized spacial score (nSPS) is 17.3. The molecule has 2 aromatic carbocycles. The molecular formula is C24H22Cl2N2O8S2. The Morgan fingerprint density at radius 2 is 1.82 bits per heavy atom. The Labute approximate surface area is 233 Å². The van der Waals surface area contributed by atoms with Crippen molar-refractivity contribution in [3.8, 4) is 11.5 Å². The van der Waals surface area contributed by atoms with E-state index in [2.05, 4.69) is 0 Å². The minimum atomic E-state index is -4.26. The van der Waals surface area contributed by atoms with Crippen LogP contribution in [0.2, 0.25) is 10.0 Å². The smallest absolute Gasteiger partial charge is 0.339 e. The summed E-state index contributed by atoms with van der Waals surface area (Å²) >= 11 is 12.9. The molecule has 0 N–H and O–H groups in total. The van der Waals surface area contributed by atoms with Gasteiger partial charge in [-0.2, -0.15) is 8.42 Å². The minimum Gasteiger partial charge on any atom is -0.490 e. The fraction of sp³-hybridized carbons (Fsp3) is 0.292. The maximum Gasteiger partial charge on any atom is 0.339 e. The van der Waals surface area contributed by atoms with Crippen LogP contribution in [0, 0.1) is 0 Å². The highest BCUT2D eigenvalue weighted by molar-refractivity contribution is 8.18.